The quantitative estimate of drug-likeness (QED) is 0.360. The van der Waals surface area contributed by atoms with Gasteiger partial charge in [-0.2, -0.15) is 13.2 Å². The number of alkyl halides is 3. The van der Waals surface area contributed by atoms with Crippen LogP contribution >= 0.6 is 0 Å². The van der Waals surface area contributed by atoms with Crippen LogP contribution in [0.1, 0.15) is 46.5 Å². The highest BCUT2D eigenvalue weighted by Gasteiger charge is 2.42. The molecule has 0 radical (unpaired) electrons. The van der Waals surface area contributed by atoms with Crippen molar-refractivity contribution in [3.63, 3.8) is 0 Å². The monoisotopic (exact) mass is 559 g/mol. The van der Waals surface area contributed by atoms with Crippen molar-refractivity contribution in [1.29, 1.82) is 0 Å². The van der Waals surface area contributed by atoms with Gasteiger partial charge in [0.1, 0.15) is 12.2 Å². The molecule has 3 aromatic heterocycles. The van der Waals surface area contributed by atoms with Gasteiger partial charge < -0.3 is 14.0 Å². The molecule has 1 aromatic carbocycles. The first-order valence-corrected chi connectivity index (χ1v) is 13.1. The van der Waals surface area contributed by atoms with E-state index in [-0.39, 0.29) is 43.1 Å². The fourth-order valence-corrected chi connectivity index (χ4v) is 5.65. The predicted molar refractivity (Wildman–Crippen MR) is 141 cm³/mol. The zero-order valence-corrected chi connectivity index (χ0v) is 22.1. The van der Waals surface area contributed by atoms with E-state index in [1.165, 1.54) is 17.0 Å². The third kappa shape index (κ3) is 4.63. The Morgan fingerprint density at radius 2 is 2.08 bits per heavy atom. The Kier molecular flexibility index (Phi) is 5.73. The van der Waals surface area contributed by atoms with Crippen LogP contribution in [0, 0.1) is 0 Å². The SMILES string of the molecule is [2H]C([2H])([2H])n1cnnc1CC1(c2cccc(-n3cc4c(C(F)(F)F)cc([C@H](C)N5CCO[C@H](C)C5)cn4c3=O)c2)COC1. The minimum absolute atomic E-state index is 0.0488. The molecule has 9 nitrogen and oxygen atoms in total. The Bertz CT molecular complexity index is 1710. The van der Waals surface area contributed by atoms with E-state index < -0.39 is 29.8 Å². The highest BCUT2D eigenvalue weighted by molar-refractivity contribution is 5.58. The number of halogens is 3. The van der Waals surface area contributed by atoms with E-state index >= 15 is 0 Å². The van der Waals surface area contributed by atoms with E-state index in [0.29, 0.717) is 30.9 Å². The van der Waals surface area contributed by atoms with Crippen LogP contribution in [0.2, 0.25) is 0 Å². The second-order valence-electron chi connectivity index (χ2n) is 10.7. The van der Waals surface area contributed by atoms with Gasteiger partial charge in [0, 0.05) is 54.4 Å². The summed E-state index contributed by atoms with van der Waals surface area (Å²) in [6.07, 6.45) is -0.670. The second kappa shape index (κ2) is 9.86. The topological polar surface area (TPSA) is 78.8 Å². The maximum atomic E-state index is 14.4. The molecule has 5 heterocycles. The van der Waals surface area contributed by atoms with Gasteiger partial charge in [0.25, 0.3) is 0 Å². The number of hydrogen-bond acceptors (Lipinski definition) is 6. The highest BCUT2D eigenvalue weighted by atomic mass is 19.4. The summed E-state index contributed by atoms with van der Waals surface area (Å²) in [6, 6.07) is 7.67. The van der Waals surface area contributed by atoms with Gasteiger partial charge in [0.15, 0.2) is 0 Å². The molecule has 4 aromatic rings. The molecule has 2 aliphatic rings. The molecule has 6 rings (SSSR count). The van der Waals surface area contributed by atoms with Gasteiger partial charge in [-0.3, -0.25) is 13.9 Å². The summed E-state index contributed by atoms with van der Waals surface area (Å²) in [5, 5.41) is 7.78. The lowest BCUT2D eigenvalue weighted by Gasteiger charge is -2.41. The van der Waals surface area contributed by atoms with Gasteiger partial charge in [-0.25, -0.2) is 4.79 Å². The first-order valence-electron chi connectivity index (χ1n) is 14.6. The van der Waals surface area contributed by atoms with E-state index in [4.69, 9.17) is 13.6 Å². The van der Waals surface area contributed by atoms with Gasteiger partial charge in [-0.05, 0) is 43.2 Å². The van der Waals surface area contributed by atoms with Gasteiger partial charge >= 0.3 is 11.9 Å². The Hall–Kier alpha value is -3.48. The predicted octanol–water partition coefficient (Wildman–Crippen LogP) is 3.53. The number of imidazole rings is 1. The molecule has 212 valence electrons. The molecule has 0 amide bonds. The summed E-state index contributed by atoms with van der Waals surface area (Å²) in [5.74, 6) is 0.256. The standard InChI is InChI=1S/C28H31F3N6O3/c1-18-12-35(7-8-40-18)19(2)20-9-23(28(29,30)31)24-14-36(26(38)37(24)13-20)22-6-4-5-21(10-22)27(15-39-16-27)11-25-33-32-17-34(25)3/h4-6,9-10,13-14,17-19H,7-8,11-12,15-16H2,1-3H3/t18-,19+/m1/s1/i3D3. The lowest BCUT2D eigenvalue weighted by molar-refractivity contribution is -0.136. The summed E-state index contributed by atoms with van der Waals surface area (Å²) in [6.45, 7) is 3.46. The number of pyridine rings is 1. The minimum Gasteiger partial charge on any atom is -0.379 e. The number of aryl methyl sites for hydroxylation is 1. The molecular formula is C28H31F3N6O3. The summed E-state index contributed by atoms with van der Waals surface area (Å²) >= 11 is 0. The molecule has 2 atom stereocenters. The molecule has 0 unspecified atom stereocenters. The molecule has 0 spiro atoms. The van der Waals surface area contributed by atoms with Crippen molar-refractivity contribution in [1.82, 2.24) is 28.6 Å². The number of benzene rings is 1. The molecule has 40 heavy (non-hydrogen) atoms. The first kappa shape index (κ1) is 23.2. The van der Waals surface area contributed by atoms with Crippen LogP contribution in [0.4, 0.5) is 13.2 Å². The van der Waals surface area contributed by atoms with E-state index in [2.05, 4.69) is 10.2 Å². The highest BCUT2D eigenvalue weighted by Crippen LogP contribution is 2.38. The van der Waals surface area contributed by atoms with Gasteiger partial charge in [0.2, 0.25) is 0 Å². The Morgan fingerprint density at radius 1 is 1.25 bits per heavy atom. The number of nitrogens with zero attached hydrogens (tertiary/aromatic N) is 6. The van der Waals surface area contributed by atoms with Crippen molar-refractivity contribution in [2.75, 3.05) is 32.9 Å². The molecule has 2 fully saturated rings. The molecule has 12 heteroatoms. The number of hydrogen-bond donors (Lipinski definition) is 0. The van der Waals surface area contributed by atoms with Crippen molar-refractivity contribution in [3.8, 4) is 5.69 Å². The van der Waals surface area contributed by atoms with Crippen molar-refractivity contribution in [2.24, 2.45) is 6.98 Å². The maximum absolute atomic E-state index is 14.4. The molecule has 2 saturated heterocycles. The zero-order chi connectivity index (χ0) is 30.7. The van der Waals surface area contributed by atoms with E-state index in [1.54, 1.807) is 18.2 Å². The normalized spacial score (nSPS) is 21.9. The fraction of sp³-hybridized carbons (Fsp3) is 0.464. The second-order valence-corrected chi connectivity index (χ2v) is 10.7. The Morgan fingerprint density at radius 3 is 2.77 bits per heavy atom. The average molecular weight is 560 g/mol. The first-order chi connectivity index (χ1) is 20.3. The van der Waals surface area contributed by atoms with Gasteiger partial charge in [-0.15, -0.1) is 10.2 Å². The van der Waals surface area contributed by atoms with E-state index in [9.17, 15) is 18.0 Å². The number of aromatic nitrogens is 5. The molecule has 0 saturated carbocycles. The van der Waals surface area contributed by atoms with Gasteiger partial charge in [-0.1, -0.05) is 12.1 Å². The fourth-order valence-electron chi connectivity index (χ4n) is 5.65. The van der Waals surface area contributed by atoms with Crippen LogP contribution in [0.25, 0.3) is 11.2 Å². The lowest BCUT2D eigenvalue weighted by Crippen LogP contribution is -2.49. The number of fused-ring (bicyclic) bond motifs is 1. The minimum atomic E-state index is -4.69. The number of rotatable bonds is 6. The maximum Gasteiger partial charge on any atom is 0.418 e. The average Bonchev–Trinajstić information content (AvgIpc) is 3.54. The zero-order valence-electron chi connectivity index (χ0n) is 25.1. The number of morpholine rings is 1. The van der Waals surface area contributed by atoms with Crippen molar-refractivity contribution in [2.45, 2.75) is 44.0 Å². The van der Waals surface area contributed by atoms with Crippen LogP contribution < -0.4 is 5.69 Å². The molecule has 0 aliphatic carbocycles. The van der Waals surface area contributed by atoms with Crippen molar-refractivity contribution >= 4 is 5.52 Å². The largest absolute Gasteiger partial charge is 0.418 e. The number of ether oxygens (including phenoxy) is 2. The van der Waals surface area contributed by atoms with Crippen molar-refractivity contribution in [3.05, 3.63) is 82.1 Å². The van der Waals surface area contributed by atoms with Crippen LogP contribution in [-0.4, -0.2) is 67.6 Å². The van der Waals surface area contributed by atoms with E-state index in [1.807, 2.05) is 24.8 Å². The summed E-state index contributed by atoms with van der Waals surface area (Å²) in [7, 11) is 0. The van der Waals surface area contributed by atoms with Crippen LogP contribution in [0.5, 0.6) is 0 Å². The Balaban J connectivity index is 1.40. The lowest BCUT2D eigenvalue weighted by atomic mass is 9.75. The Labute approximate surface area is 233 Å². The van der Waals surface area contributed by atoms with Crippen LogP contribution in [0.15, 0.2) is 53.8 Å². The molecule has 2 aliphatic heterocycles. The van der Waals surface area contributed by atoms with E-state index in [0.717, 1.165) is 26.9 Å². The summed E-state index contributed by atoms with van der Waals surface area (Å²) in [4.78, 5) is 15.7. The molecule has 0 bridgehead atoms. The smallest absolute Gasteiger partial charge is 0.379 e. The molecular weight excluding hydrogens is 525 g/mol. The van der Waals surface area contributed by atoms with Crippen LogP contribution in [-0.2, 0) is 34.5 Å². The third-order valence-corrected chi connectivity index (χ3v) is 8.00. The summed E-state index contributed by atoms with van der Waals surface area (Å²) in [5.41, 5.74) is -0.928. The van der Waals surface area contributed by atoms with Crippen LogP contribution in [0.3, 0.4) is 0 Å². The van der Waals surface area contributed by atoms with Gasteiger partial charge in [0.05, 0.1) is 42.7 Å². The molecule has 0 N–H and O–H groups in total. The van der Waals surface area contributed by atoms with Crippen molar-refractivity contribution < 1.29 is 26.8 Å². The third-order valence-electron chi connectivity index (χ3n) is 8.00. The summed E-state index contributed by atoms with van der Waals surface area (Å²) < 4.78 is 80.8.